The number of esters is 1. The lowest BCUT2D eigenvalue weighted by Gasteiger charge is -2.11. The van der Waals surface area contributed by atoms with Crippen LogP contribution in [0.15, 0.2) is 48.5 Å². The van der Waals surface area contributed by atoms with E-state index in [4.69, 9.17) is 17.0 Å². The molecule has 0 saturated heterocycles. The minimum atomic E-state index is -0.343. The number of ether oxygens (including phenoxy) is 1. The molecular weight excluding hydrogens is 526 g/mol. The number of anilines is 1. The van der Waals surface area contributed by atoms with Gasteiger partial charge in [0, 0.05) is 33.6 Å². The Morgan fingerprint density at radius 3 is 2.59 bits per heavy atom. The fourth-order valence-electron chi connectivity index (χ4n) is 5.32. The van der Waals surface area contributed by atoms with E-state index in [9.17, 15) is 9.59 Å². The molecule has 2 aromatic heterocycles. The minimum absolute atomic E-state index is 0.164. The number of aryl methyl sites for hydroxylation is 2. The van der Waals surface area contributed by atoms with E-state index < -0.39 is 0 Å². The summed E-state index contributed by atoms with van der Waals surface area (Å²) in [5.41, 5.74) is 6.78. The van der Waals surface area contributed by atoms with Gasteiger partial charge in [0.2, 0.25) is 0 Å². The van der Waals surface area contributed by atoms with Crippen LogP contribution in [0.1, 0.15) is 74.2 Å². The fraction of sp³-hybridized carbons (Fsp3) is 0.323. The lowest BCUT2D eigenvalue weighted by molar-refractivity contribution is 0.0526. The van der Waals surface area contributed by atoms with E-state index in [-0.39, 0.29) is 17.0 Å². The molecule has 1 amide bonds. The van der Waals surface area contributed by atoms with Crippen LogP contribution in [-0.2, 0) is 24.1 Å². The summed E-state index contributed by atoms with van der Waals surface area (Å²) in [7, 11) is 0. The van der Waals surface area contributed by atoms with Gasteiger partial charge in [-0.25, -0.2) is 4.79 Å². The van der Waals surface area contributed by atoms with Crippen molar-refractivity contribution in [3.8, 4) is 0 Å². The molecule has 0 fully saturated rings. The second-order valence-electron chi connectivity index (χ2n) is 9.91. The van der Waals surface area contributed by atoms with Crippen LogP contribution in [0.5, 0.6) is 0 Å². The van der Waals surface area contributed by atoms with E-state index in [1.54, 1.807) is 6.92 Å². The number of carbonyl (C=O) groups is 2. The first-order chi connectivity index (χ1) is 18.9. The van der Waals surface area contributed by atoms with E-state index in [1.165, 1.54) is 27.5 Å². The van der Waals surface area contributed by atoms with Crippen LogP contribution in [0, 0.1) is 13.8 Å². The lowest BCUT2D eigenvalue weighted by atomic mass is 10.1. The maximum absolute atomic E-state index is 13.2. The molecule has 0 spiro atoms. The molecule has 8 heteroatoms. The summed E-state index contributed by atoms with van der Waals surface area (Å²) in [5, 5.41) is 7.79. The van der Waals surface area contributed by atoms with Gasteiger partial charge in [-0.2, -0.15) is 0 Å². The molecule has 2 aromatic carbocycles. The van der Waals surface area contributed by atoms with Crippen molar-refractivity contribution >= 4 is 56.4 Å². The zero-order valence-corrected chi connectivity index (χ0v) is 24.2. The van der Waals surface area contributed by atoms with Gasteiger partial charge in [0.25, 0.3) is 5.91 Å². The molecule has 39 heavy (non-hydrogen) atoms. The van der Waals surface area contributed by atoms with Gasteiger partial charge in [-0.3, -0.25) is 10.1 Å². The number of thiocarbonyl (C=S) groups is 1. The van der Waals surface area contributed by atoms with Gasteiger partial charge in [0.05, 0.1) is 12.2 Å². The van der Waals surface area contributed by atoms with E-state index in [0.717, 1.165) is 60.7 Å². The highest BCUT2D eigenvalue weighted by atomic mass is 32.1. The predicted octanol–water partition coefficient (Wildman–Crippen LogP) is 6.94. The Kier molecular flexibility index (Phi) is 8.14. The van der Waals surface area contributed by atoms with Crippen LogP contribution < -0.4 is 10.6 Å². The molecular formula is C31H33N3O3S2. The molecule has 0 radical (unpaired) electrons. The average molecular weight is 560 g/mol. The van der Waals surface area contributed by atoms with Crippen LogP contribution in [0.3, 0.4) is 0 Å². The SMILES string of the molecule is CCOC(=O)c1c(NC(=S)NC(=O)c2ccc3c(c2)c(C)c(C)n3Cc2ccccc2)sc2c1CCCCC2. The Morgan fingerprint density at radius 2 is 1.82 bits per heavy atom. The number of benzene rings is 2. The van der Waals surface area contributed by atoms with Gasteiger partial charge >= 0.3 is 5.97 Å². The van der Waals surface area contributed by atoms with Crippen molar-refractivity contribution in [2.24, 2.45) is 0 Å². The van der Waals surface area contributed by atoms with Gasteiger partial charge in [-0.05, 0) is 93.6 Å². The van der Waals surface area contributed by atoms with Crippen LogP contribution >= 0.6 is 23.6 Å². The molecule has 0 aliphatic heterocycles. The molecule has 0 unspecified atom stereocenters. The average Bonchev–Trinajstić information content (AvgIpc) is 3.26. The molecule has 5 rings (SSSR count). The van der Waals surface area contributed by atoms with Gasteiger partial charge in [-0.1, -0.05) is 36.8 Å². The van der Waals surface area contributed by atoms with Gasteiger partial charge < -0.3 is 14.6 Å². The summed E-state index contributed by atoms with van der Waals surface area (Å²) in [6, 6.07) is 16.1. The number of nitrogens with one attached hydrogen (secondary N) is 2. The van der Waals surface area contributed by atoms with Crippen molar-refractivity contribution in [2.75, 3.05) is 11.9 Å². The first kappa shape index (κ1) is 27.1. The number of hydrogen-bond acceptors (Lipinski definition) is 5. The minimum Gasteiger partial charge on any atom is -0.462 e. The summed E-state index contributed by atoms with van der Waals surface area (Å²) in [6.07, 6.45) is 5.09. The largest absolute Gasteiger partial charge is 0.462 e. The van der Waals surface area contributed by atoms with E-state index in [0.29, 0.717) is 22.7 Å². The maximum atomic E-state index is 13.2. The van der Waals surface area contributed by atoms with Gasteiger partial charge in [-0.15, -0.1) is 11.3 Å². The number of rotatable bonds is 6. The van der Waals surface area contributed by atoms with E-state index in [2.05, 4.69) is 41.2 Å². The Bertz CT molecular complexity index is 1550. The lowest BCUT2D eigenvalue weighted by Crippen LogP contribution is -2.34. The maximum Gasteiger partial charge on any atom is 0.341 e. The van der Waals surface area contributed by atoms with Crippen LogP contribution in [0.4, 0.5) is 5.00 Å². The zero-order valence-electron chi connectivity index (χ0n) is 22.6. The first-order valence-electron chi connectivity index (χ1n) is 13.4. The highest BCUT2D eigenvalue weighted by Crippen LogP contribution is 2.38. The predicted molar refractivity (Wildman–Crippen MR) is 162 cm³/mol. The second-order valence-corrected chi connectivity index (χ2v) is 11.4. The molecule has 202 valence electrons. The molecule has 0 saturated carbocycles. The number of thiophene rings is 1. The zero-order chi connectivity index (χ0) is 27.5. The second kappa shape index (κ2) is 11.7. The van der Waals surface area contributed by atoms with Crippen molar-refractivity contribution in [1.29, 1.82) is 0 Å². The summed E-state index contributed by atoms with van der Waals surface area (Å²) < 4.78 is 7.65. The highest BCUT2D eigenvalue weighted by Gasteiger charge is 2.26. The van der Waals surface area contributed by atoms with Crippen molar-refractivity contribution in [3.05, 3.63) is 86.9 Å². The number of hydrogen-bond donors (Lipinski definition) is 2. The van der Waals surface area contributed by atoms with Crippen molar-refractivity contribution < 1.29 is 14.3 Å². The molecule has 4 aromatic rings. The topological polar surface area (TPSA) is 72.4 Å². The molecule has 6 nitrogen and oxygen atoms in total. The molecule has 0 bridgehead atoms. The number of fused-ring (bicyclic) bond motifs is 2. The molecule has 1 aliphatic rings. The quantitative estimate of drug-likeness (QED) is 0.152. The summed E-state index contributed by atoms with van der Waals surface area (Å²) in [4.78, 5) is 27.3. The summed E-state index contributed by atoms with van der Waals surface area (Å²) in [6.45, 7) is 7.07. The number of amides is 1. The molecule has 1 aliphatic carbocycles. The number of carbonyl (C=O) groups excluding carboxylic acids is 2. The number of aromatic nitrogens is 1. The van der Waals surface area contributed by atoms with Crippen LogP contribution in [-0.4, -0.2) is 28.2 Å². The Hall–Kier alpha value is -3.49. The standard InChI is InChI=1S/C31H33N3O3S2/c1-4-37-30(36)27-23-13-9-6-10-14-26(23)39-29(27)33-31(38)32-28(35)22-15-16-25-24(17-22)19(2)20(3)34(25)18-21-11-7-5-8-12-21/h5,7-8,11-12,15-17H,4,6,9-10,13-14,18H2,1-3H3,(H2,32,33,35,38). The first-order valence-corrected chi connectivity index (χ1v) is 14.7. The van der Waals surface area contributed by atoms with Gasteiger partial charge in [0.15, 0.2) is 5.11 Å². The Labute approximate surface area is 238 Å². The van der Waals surface area contributed by atoms with Crippen molar-refractivity contribution in [2.45, 2.75) is 59.4 Å². The summed E-state index contributed by atoms with van der Waals surface area (Å²) >= 11 is 7.05. The third-order valence-electron chi connectivity index (χ3n) is 7.44. The monoisotopic (exact) mass is 559 g/mol. The third kappa shape index (κ3) is 5.63. The van der Waals surface area contributed by atoms with Crippen molar-refractivity contribution in [1.82, 2.24) is 9.88 Å². The van der Waals surface area contributed by atoms with Crippen LogP contribution in [0.25, 0.3) is 10.9 Å². The number of nitrogens with zero attached hydrogens (tertiary/aromatic N) is 1. The smallest absolute Gasteiger partial charge is 0.341 e. The molecule has 2 N–H and O–H groups in total. The van der Waals surface area contributed by atoms with E-state index >= 15 is 0 Å². The van der Waals surface area contributed by atoms with Crippen LogP contribution in [0.2, 0.25) is 0 Å². The van der Waals surface area contributed by atoms with E-state index in [1.807, 2.05) is 36.4 Å². The normalized spacial score (nSPS) is 13.0. The molecule has 0 atom stereocenters. The third-order valence-corrected chi connectivity index (χ3v) is 8.85. The highest BCUT2D eigenvalue weighted by molar-refractivity contribution is 7.80. The summed E-state index contributed by atoms with van der Waals surface area (Å²) in [5.74, 6) is -0.636. The van der Waals surface area contributed by atoms with Gasteiger partial charge in [0.1, 0.15) is 5.00 Å². The fourth-order valence-corrected chi connectivity index (χ4v) is 6.86. The van der Waals surface area contributed by atoms with Crippen molar-refractivity contribution in [3.63, 3.8) is 0 Å². The Morgan fingerprint density at radius 1 is 1.05 bits per heavy atom. The molecule has 2 heterocycles. The Balaban J connectivity index is 1.35.